The second-order valence-corrected chi connectivity index (χ2v) is 5.04. The first-order chi connectivity index (χ1) is 8.33. The van der Waals surface area contributed by atoms with E-state index in [0.717, 1.165) is 36.4 Å². The molecule has 1 aromatic rings. The zero-order valence-electron chi connectivity index (χ0n) is 11.1. The molecule has 0 spiro atoms. The van der Waals surface area contributed by atoms with Gasteiger partial charge in [0.2, 0.25) is 0 Å². The summed E-state index contributed by atoms with van der Waals surface area (Å²) in [6.07, 6.45) is 8.78. The number of hydrogen-bond acceptors (Lipinski definition) is 2. The minimum absolute atomic E-state index is 0.801. The summed E-state index contributed by atoms with van der Waals surface area (Å²) < 4.78 is 2.27. The van der Waals surface area contributed by atoms with E-state index in [9.17, 15) is 0 Å². The van der Waals surface area contributed by atoms with E-state index in [1.54, 1.807) is 0 Å². The van der Waals surface area contributed by atoms with Crippen molar-refractivity contribution < 1.29 is 0 Å². The number of rotatable bonds is 9. The van der Waals surface area contributed by atoms with Crippen LogP contribution in [0, 0.1) is 0 Å². The van der Waals surface area contributed by atoms with Gasteiger partial charge in [-0.2, -0.15) is 0 Å². The third-order valence-corrected chi connectivity index (χ3v) is 3.48. The van der Waals surface area contributed by atoms with Crippen LogP contribution in [0.15, 0.2) is 0 Å². The van der Waals surface area contributed by atoms with Crippen LogP contribution in [0.4, 0.5) is 0 Å². The van der Waals surface area contributed by atoms with Crippen LogP contribution in [0.3, 0.4) is 0 Å². The maximum Gasteiger partial charge on any atom is 0.143 e. The first-order valence-corrected chi connectivity index (χ1v) is 7.92. The van der Waals surface area contributed by atoms with Crippen molar-refractivity contribution in [2.24, 2.45) is 0 Å². The van der Waals surface area contributed by atoms with Crippen molar-refractivity contribution in [3.63, 3.8) is 0 Å². The van der Waals surface area contributed by atoms with E-state index in [2.05, 4.69) is 44.5 Å². The second kappa shape index (κ2) is 8.67. The zero-order chi connectivity index (χ0) is 12.5. The van der Waals surface area contributed by atoms with Gasteiger partial charge in [-0.3, -0.25) is 0 Å². The Morgan fingerprint density at radius 3 is 2.29 bits per heavy atom. The van der Waals surface area contributed by atoms with E-state index in [0.29, 0.717) is 0 Å². The van der Waals surface area contributed by atoms with Gasteiger partial charge in [0, 0.05) is 13.0 Å². The molecular formula is C13H24BrN3. The minimum Gasteiger partial charge on any atom is -0.314 e. The van der Waals surface area contributed by atoms with E-state index >= 15 is 0 Å². The van der Waals surface area contributed by atoms with Crippen LogP contribution in [-0.2, 0) is 18.3 Å². The molecule has 0 aliphatic carbocycles. The fourth-order valence-electron chi connectivity index (χ4n) is 2.02. The summed E-state index contributed by atoms with van der Waals surface area (Å²) >= 11 is 3.47. The lowest BCUT2D eigenvalue weighted by atomic mass is 10.1. The fourth-order valence-corrected chi connectivity index (χ4v) is 2.44. The monoisotopic (exact) mass is 301 g/mol. The topological polar surface area (TPSA) is 30.7 Å². The molecule has 0 radical (unpaired) electrons. The van der Waals surface area contributed by atoms with Gasteiger partial charge < -0.3 is 4.57 Å². The van der Waals surface area contributed by atoms with Crippen LogP contribution < -0.4 is 0 Å². The van der Waals surface area contributed by atoms with Gasteiger partial charge in [-0.15, -0.1) is 10.2 Å². The van der Waals surface area contributed by atoms with Crippen molar-refractivity contribution in [2.75, 3.05) is 0 Å². The lowest BCUT2D eigenvalue weighted by Gasteiger charge is -2.07. The summed E-state index contributed by atoms with van der Waals surface area (Å²) in [6.45, 7) is 5.49. The van der Waals surface area contributed by atoms with Crippen LogP contribution in [-0.4, -0.2) is 14.8 Å². The number of halogens is 1. The Morgan fingerprint density at radius 2 is 1.65 bits per heavy atom. The highest BCUT2D eigenvalue weighted by Gasteiger charge is 2.09. The van der Waals surface area contributed by atoms with Crippen molar-refractivity contribution in [2.45, 2.75) is 70.7 Å². The van der Waals surface area contributed by atoms with Crippen LogP contribution in [0.25, 0.3) is 0 Å². The van der Waals surface area contributed by atoms with Crippen molar-refractivity contribution >= 4 is 15.9 Å². The standard InChI is InChI=1S/C13H24BrN3/c1-3-5-6-7-8-9-12-15-16-13(11-14)17(12)10-4-2/h3-11H2,1-2H3. The van der Waals surface area contributed by atoms with Gasteiger partial charge >= 0.3 is 0 Å². The average molecular weight is 302 g/mol. The highest BCUT2D eigenvalue weighted by Crippen LogP contribution is 2.11. The Labute approximate surface area is 113 Å². The molecule has 0 bridgehead atoms. The van der Waals surface area contributed by atoms with Gasteiger partial charge in [-0.25, -0.2) is 0 Å². The highest BCUT2D eigenvalue weighted by molar-refractivity contribution is 9.08. The normalized spacial score (nSPS) is 11.0. The molecule has 17 heavy (non-hydrogen) atoms. The maximum absolute atomic E-state index is 4.31. The lowest BCUT2D eigenvalue weighted by Crippen LogP contribution is -2.06. The molecular weight excluding hydrogens is 278 g/mol. The second-order valence-electron chi connectivity index (χ2n) is 4.48. The largest absolute Gasteiger partial charge is 0.314 e. The minimum atomic E-state index is 0.801. The van der Waals surface area contributed by atoms with Crippen LogP contribution in [0.1, 0.15) is 64.0 Å². The van der Waals surface area contributed by atoms with Gasteiger partial charge in [0.1, 0.15) is 11.6 Å². The molecule has 0 aliphatic rings. The molecule has 0 saturated heterocycles. The summed E-state index contributed by atoms with van der Waals surface area (Å²) in [7, 11) is 0. The molecule has 0 fully saturated rings. The fraction of sp³-hybridized carbons (Fsp3) is 0.846. The van der Waals surface area contributed by atoms with Crippen LogP contribution in [0.2, 0.25) is 0 Å². The van der Waals surface area contributed by atoms with Crippen molar-refractivity contribution in [1.29, 1.82) is 0 Å². The predicted molar refractivity (Wildman–Crippen MR) is 75.4 cm³/mol. The maximum atomic E-state index is 4.31. The number of hydrogen-bond donors (Lipinski definition) is 0. The predicted octanol–water partition coefficient (Wildman–Crippen LogP) is 4.10. The molecule has 4 heteroatoms. The molecule has 3 nitrogen and oxygen atoms in total. The van der Waals surface area contributed by atoms with E-state index in [4.69, 9.17) is 0 Å². The SMILES string of the molecule is CCCCCCCc1nnc(CBr)n1CCC. The summed E-state index contributed by atoms with van der Waals surface area (Å²) in [5, 5.41) is 9.34. The quantitative estimate of drug-likeness (QED) is 0.508. The third-order valence-electron chi connectivity index (χ3n) is 2.97. The van der Waals surface area contributed by atoms with E-state index in [1.165, 1.54) is 32.1 Å². The number of unbranched alkanes of at least 4 members (excludes halogenated alkanes) is 4. The van der Waals surface area contributed by atoms with Gasteiger partial charge in [-0.1, -0.05) is 55.5 Å². The molecule has 0 saturated carbocycles. The number of aryl methyl sites for hydroxylation is 1. The summed E-state index contributed by atoms with van der Waals surface area (Å²) in [5.74, 6) is 2.23. The number of aromatic nitrogens is 3. The van der Waals surface area contributed by atoms with Crippen LogP contribution >= 0.6 is 15.9 Å². The first kappa shape index (κ1) is 14.7. The Morgan fingerprint density at radius 1 is 0.941 bits per heavy atom. The molecule has 0 aromatic carbocycles. The van der Waals surface area contributed by atoms with E-state index < -0.39 is 0 Å². The molecule has 1 aromatic heterocycles. The Bertz CT molecular complexity index is 310. The van der Waals surface area contributed by atoms with Crippen molar-refractivity contribution in [3.8, 4) is 0 Å². The summed E-state index contributed by atoms with van der Waals surface area (Å²) in [5.41, 5.74) is 0. The number of alkyl halides is 1. The molecule has 0 amide bonds. The lowest BCUT2D eigenvalue weighted by molar-refractivity contribution is 0.581. The molecule has 0 aliphatic heterocycles. The van der Waals surface area contributed by atoms with Gasteiger partial charge in [0.15, 0.2) is 0 Å². The first-order valence-electron chi connectivity index (χ1n) is 6.80. The van der Waals surface area contributed by atoms with Crippen molar-refractivity contribution in [3.05, 3.63) is 11.6 Å². The van der Waals surface area contributed by atoms with Gasteiger partial charge in [-0.05, 0) is 12.8 Å². The molecule has 98 valence electrons. The Balaban J connectivity index is 2.43. The van der Waals surface area contributed by atoms with Crippen LogP contribution in [0.5, 0.6) is 0 Å². The van der Waals surface area contributed by atoms with Gasteiger partial charge in [0.05, 0.1) is 5.33 Å². The third kappa shape index (κ3) is 4.78. The molecule has 0 N–H and O–H groups in total. The summed E-state index contributed by atoms with van der Waals surface area (Å²) in [4.78, 5) is 0. The van der Waals surface area contributed by atoms with E-state index in [-0.39, 0.29) is 0 Å². The Hall–Kier alpha value is -0.380. The summed E-state index contributed by atoms with van der Waals surface area (Å²) in [6, 6.07) is 0. The average Bonchev–Trinajstić information content (AvgIpc) is 2.72. The molecule has 1 rings (SSSR count). The highest BCUT2D eigenvalue weighted by atomic mass is 79.9. The molecule has 0 atom stereocenters. The number of nitrogens with zero attached hydrogens (tertiary/aromatic N) is 3. The Kier molecular flexibility index (Phi) is 7.49. The molecule has 0 unspecified atom stereocenters. The van der Waals surface area contributed by atoms with Gasteiger partial charge in [0.25, 0.3) is 0 Å². The smallest absolute Gasteiger partial charge is 0.143 e. The molecule has 1 heterocycles. The van der Waals surface area contributed by atoms with Crippen molar-refractivity contribution in [1.82, 2.24) is 14.8 Å². The zero-order valence-corrected chi connectivity index (χ0v) is 12.7. The van der Waals surface area contributed by atoms with E-state index in [1.807, 2.05) is 0 Å².